The van der Waals surface area contributed by atoms with E-state index in [2.05, 4.69) is 4.98 Å². The molecule has 14 heteroatoms. The smallest absolute Gasteiger partial charge is 0.391 e. The van der Waals surface area contributed by atoms with Gasteiger partial charge in [-0.15, -0.1) is 0 Å². The normalized spacial score (nSPS) is 18.8. The number of aliphatic hydroxyl groups excluding tert-OH is 1. The van der Waals surface area contributed by atoms with Crippen LogP contribution in [0.25, 0.3) is 16.7 Å². The van der Waals surface area contributed by atoms with Gasteiger partial charge in [-0.3, -0.25) is 23.9 Å². The van der Waals surface area contributed by atoms with Crippen molar-refractivity contribution in [1.82, 2.24) is 14.9 Å². The summed E-state index contributed by atoms with van der Waals surface area (Å²) in [6.07, 6.45) is -4.63. The third-order valence-electron chi connectivity index (χ3n) is 6.42. The molecule has 2 aromatic heterocycles. The number of halogens is 6. The molecule has 2 aliphatic rings. The summed E-state index contributed by atoms with van der Waals surface area (Å²) >= 11 is 6.09. The first-order valence-corrected chi connectivity index (χ1v) is 11.8. The van der Waals surface area contributed by atoms with E-state index in [4.69, 9.17) is 11.6 Å². The van der Waals surface area contributed by atoms with Crippen LogP contribution in [0.5, 0.6) is 0 Å². The first-order chi connectivity index (χ1) is 17.8. The molecule has 0 bridgehead atoms. The molecule has 1 aliphatic heterocycles. The number of benzene rings is 1. The van der Waals surface area contributed by atoms with Gasteiger partial charge in [-0.1, -0.05) is 11.6 Å². The second-order valence-corrected chi connectivity index (χ2v) is 9.60. The number of pyridine rings is 2. The largest absolute Gasteiger partial charge is 0.408 e. The number of fused-ring (bicyclic) bond motifs is 1. The number of nitrogens with one attached hydrogen (secondary N) is 1. The Morgan fingerprint density at radius 2 is 1.89 bits per heavy atom. The summed E-state index contributed by atoms with van der Waals surface area (Å²) in [5.74, 6) is -4.91. The number of rotatable bonds is 5. The fourth-order valence-electron chi connectivity index (χ4n) is 4.47. The minimum Gasteiger partial charge on any atom is -0.391 e. The molecule has 2 atom stereocenters. The summed E-state index contributed by atoms with van der Waals surface area (Å²) in [4.78, 5) is 43.8. The van der Waals surface area contributed by atoms with Crippen molar-refractivity contribution in [3.63, 3.8) is 0 Å². The minimum absolute atomic E-state index is 0.0195. The van der Waals surface area contributed by atoms with Gasteiger partial charge in [-0.2, -0.15) is 13.2 Å². The van der Waals surface area contributed by atoms with Gasteiger partial charge in [0, 0.05) is 12.3 Å². The SMILES string of the molecule is O=C(NC(C1CC1)C(F)(F)F)c1cn(-c2c(F)cc(F)cc2Cl)c2nc(N3CC(O)CC3=O)ccc2c1=O. The third kappa shape index (κ3) is 4.71. The number of aliphatic hydroxyl groups is 1. The monoisotopic (exact) mass is 556 g/mol. The Kier molecular flexibility index (Phi) is 6.38. The van der Waals surface area contributed by atoms with Crippen LogP contribution in [0.3, 0.4) is 0 Å². The van der Waals surface area contributed by atoms with E-state index < -0.39 is 69.4 Å². The maximum atomic E-state index is 15.0. The molecule has 1 aliphatic carbocycles. The number of hydrogen-bond acceptors (Lipinski definition) is 5. The molecular formula is C24H18ClF5N4O4. The molecule has 1 aromatic carbocycles. The van der Waals surface area contributed by atoms with Crippen LogP contribution in [0.15, 0.2) is 35.3 Å². The fourth-order valence-corrected chi connectivity index (χ4v) is 4.75. The Morgan fingerprint density at radius 1 is 1.18 bits per heavy atom. The van der Waals surface area contributed by atoms with Gasteiger partial charge in [-0.05, 0) is 37.0 Å². The van der Waals surface area contributed by atoms with Gasteiger partial charge in [0.05, 0.1) is 29.5 Å². The van der Waals surface area contributed by atoms with E-state index in [1.54, 1.807) is 0 Å². The highest BCUT2D eigenvalue weighted by Gasteiger charge is 2.50. The predicted octanol–water partition coefficient (Wildman–Crippen LogP) is 3.49. The third-order valence-corrected chi connectivity index (χ3v) is 6.71. The van der Waals surface area contributed by atoms with Crippen molar-refractivity contribution in [1.29, 1.82) is 0 Å². The molecule has 5 rings (SSSR count). The highest BCUT2D eigenvalue weighted by Crippen LogP contribution is 2.40. The van der Waals surface area contributed by atoms with Crippen LogP contribution in [0, 0.1) is 17.6 Å². The molecule has 0 spiro atoms. The Bertz CT molecular complexity index is 1520. The zero-order valence-corrected chi connectivity index (χ0v) is 20.0. The van der Waals surface area contributed by atoms with Crippen molar-refractivity contribution in [3.8, 4) is 5.69 Å². The van der Waals surface area contributed by atoms with Crippen LogP contribution in [0.2, 0.25) is 5.02 Å². The Labute approximate surface area is 215 Å². The minimum atomic E-state index is -4.76. The van der Waals surface area contributed by atoms with Gasteiger partial charge >= 0.3 is 6.18 Å². The molecule has 1 saturated heterocycles. The maximum Gasteiger partial charge on any atom is 0.408 e. The number of β-amino-alcohol motifs (C(OH)–C–C–N with tert-alkyl or cyclic N) is 1. The van der Waals surface area contributed by atoms with Crippen LogP contribution in [0.1, 0.15) is 29.6 Å². The van der Waals surface area contributed by atoms with Crippen molar-refractivity contribution < 1.29 is 36.6 Å². The lowest BCUT2D eigenvalue weighted by atomic mass is 10.1. The van der Waals surface area contributed by atoms with Gasteiger partial charge in [0.25, 0.3) is 5.91 Å². The fraction of sp³-hybridized carbons (Fsp3) is 0.333. The zero-order valence-electron chi connectivity index (χ0n) is 19.2. The van der Waals surface area contributed by atoms with Gasteiger partial charge in [0.1, 0.15) is 28.9 Å². The maximum absolute atomic E-state index is 15.0. The van der Waals surface area contributed by atoms with Crippen LogP contribution in [0.4, 0.5) is 27.8 Å². The number of alkyl halides is 3. The van der Waals surface area contributed by atoms with Crippen molar-refractivity contribution in [2.45, 2.75) is 37.6 Å². The Morgan fingerprint density at radius 3 is 2.47 bits per heavy atom. The lowest BCUT2D eigenvalue weighted by molar-refractivity contribution is -0.158. The van der Waals surface area contributed by atoms with E-state index in [0.29, 0.717) is 6.07 Å². The molecule has 2 amide bonds. The van der Waals surface area contributed by atoms with Gasteiger partial charge in [-0.25, -0.2) is 13.8 Å². The van der Waals surface area contributed by atoms with Gasteiger partial charge < -0.3 is 10.4 Å². The van der Waals surface area contributed by atoms with Crippen molar-refractivity contribution in [2.24, 2.45) is 5.92 Å². The summed E-state index contributed by atoms with van der Waals surface area (Å²) in [6, 6.07) is 1.49. The van der Waals surface area contributed by atoms with E-state index in [0.717, 1.165) is 21.7 Å². The second kappa shape index (κ2) is 9.31. The number of carbonyl (C=O) groups is 2. The van der Waals surface area contributed by atoms with Crippen LogP contribution in [-0.2, 0) is 4.79 Å². The number of amides is 2. The molecule has 0 radical (unpaired) electrons. The molecule has 2 N–H and O–H groups in total. The average Bonchev–Trinajstić information content (AvgIpc) is 3.59. The quantitative estimate of drug-likeness (QED) is 0.468. The van der Waals surface area contributed by atoms with E-state index in [9.17, 15) is 41.4 Å². The van der Waals surface area contributed by atoms with Crippen molar-refractivity contribution in [2.75, 3.05) is 11.4 Å². The lowest BCUT2D eigenvalue weighted by Crippen LogP contribution is -2.48. The van der Waals surface area contributed by atoms with E-state index in [1.165, 1.54) is 12.1 Å². The van der Waals surface area contributed by atoms with E-state index in [1.807, 2.05) is 5.32 Å². The van der Waals surface area contributed by atoms with Crippen LogP contribution < -0.4 is 15.6 Å². The summed E-state index contributed by atoms with van der Waals surface area (Å²) in [5, 5.41) is 10.9. The molecule has 200 valence electrons. The van der Waals surface area contributed by atoms with Crippen molar-refractivity contribution >= 4 is 40.3 Å². The molecule has 2 unspecified atom stereocenters. The molecule has 3 heterocycles. The molecule has 1 saturated carbocycles. The predicted molar refractivity (Wildman–Crippen MR) is 125 cm³/mol. The Balaban J connectivity index is 1.70. The Hall–Kier alpha value is -3.58. The topological polar surface area (TPSA) is 105 Å². The molecule has 8 nitrogen and oxygen atoms in total. The molecule has 38 heavy (non-hydrogen) atoms. The molecule has 2 fully saturated rings. The number of nitrogens with zero attached hydrogens (tertiary/aromatic N) is 3. The van der Waals surface area contributed by atoms with Crippen LogP contribution in [-0.4, -0.2) is 51.3 Å². The summed E-state index contributed by atoms with van der Waals surface area (Å²) in [6.45, 7) is -0.103. The molecular weight excluding hydrogens is 539 g/mol. The highest BCUT2D eigenvalue weighted by molar-refractivity contribution is 6.32. The highest BCUT2D eigenvalue weighted by atomic mass is 35.5. The summed E-state index contributed by atoms with van der Waals surface area (Å²) in [5.41, 5.74) is -2.59. The number of carbonyl (C=O) groups excluding carboxylic acids is 2. The standard InChI is InChI=1S/C24H18ClF5N4O4/c25-15-5-11(26)6-16(27)19(15)34-9-14(23(38)32-21(10-1-2-10)24(28,29)30)20(37)13-3-4-17(31-22(13)34)33-8-12(35)7-18(33)36/h3-6,9-10,12,21,35H,1-2,7-8H2,(H,32,38). The molecule has 3 aromatic rings. The van der Waals surface area contributed by atoms with Gasteiger partial charge in [0.15, 0.2) is 11.5 Å². The van der Waals surface area contributed by atoms with E-state index >= 15 is 0 Å². The van der Waals surface area contributed by atoms with E-state index in [-0.39, 0.29) is 42.7 Å². The van der Waals surface area contributed by atoms with Gasteiger partial charge in [0.2, 0.25) is 11.3 Å². The first-order valence-electron chi connectivity index (χ1n) is 11.4. The number of hydrogen-bond donors (Lipinski definition) is 2. The average molecular weight is 557 g/mol. The zero-order chi connectivity index (χ0) is 27.5. The van der Waals surface area contributed by atoms with Crippen LogP contribution >= 0.6 is 11.6 Å². The number of aromatic nitrogens is 2. The number of anilines is 1. The summed E-state index contributed by atoms with van der Waals surface area (Å²) < 4.78 is 70.1. The van der Waals surface area contributed by atoms with Crippen molar-refractivity contribution in [3.05, 3.63) is 62.9 Å². The first kappa shape index (κ1) is 26.0. The summed E-state index contributed by atoms with van der Waals surface area (Å²) in [7, 11) is 0. The second-order valence-electron chi connectivity index (χ2n) is 9.19. The lowest BCUT2D eigenvalue weighted by Gasteiger charge is -2.22.